The molecule has 1 aromatic carbocycles. The number of amides is 1. The van der Waals surface area contributed by atoms with Crippen molar-refractivity contribution in [1.29, 1.82) is 0 Å². The van der Waals surface area contributed by atoms with E-state index < -0.39 is 4.92 Å². The Bertz CT molecular complexity index is 628. The number of ether oxygens (including phenoxy) is 1. The van der Waals surface area contributed by atoms with Crippen molar-refractivity contribution in [2.45, 2.75) is 32.2 Å². The first-order valence-electron chi connectivity index (χ1n) is 8.52. The molecule has 1 aliphatic heterocycles. The molecule has 0 spiro atoms. The first-order valence-corrected chi connectivity index (χ1v) is 8.52. The highest BCUT2D eigenvalue weighted by atomic mass is 16.6. The minimum Gasteiger partial charge on any atom is -0.378 e. The molecule has 1 N–H and O–H groups in total. The van der Waals surface area contributed by atoms with Crippen LogP contribution in [0.1, 0.15) is 36.5 Å². The van der Waals surface area contributed by atoms with Gasteiger partial charge in [0.15, 0.2) is 0 Å². The maximum absolute atomic E-state index is 12.5. The summed E-state index contributed by atoms with van der Waals surface area (Å²) in [4.78, 5) is 25.1. The number of nitro groups is 1. The van der Waals surface area contributed by atoms with Gasteiger partial charge in [-0.25, -0.2) is 0 Å². The first kappa shape index (κ1) is 16.7. The molecule has 7 heteroatoms. The molecule has 24 heavy (non-hydrogen) atoms. The topological polar surface area (TPSA) is 84.7 Å². The third-order valence-electron chi connectivity index (χ3n) is 4.66. The summed E-state index contributed by atoms with van der Waals surface area (Å²) in [6, 6.07) is 5.03. The highest BCUT2D eigenvalue weighted by Crippen LogP contribution is 2.39. The molecule has 3 rings (SSSR count). The summed E-state index contributed by atoms with van der Waals surface area (Å²) in [6.45, 7) is 4.20. The van der Waals surface area contributed by atoms with Gasteiger partial charge in [-0.1, -0.05) is 13.3 Å². The molecule has 0 aromatic heterocycles. The van der Waals surface area contributed by atoms with Gasteiger partial charge in [-0.2, -0.15) is 0 Å². The molecular formula is C17H23N3O4. The Labute approximate surface area is 141 Å². The fraction of sp³-hybridized carbons (Fsp3) is 0.588. The zero-order valence-corrected chi connectivity index (χ0v) is 13.9. The van der Waals surface area contributed by atoms with Crippen LogP contribution in [0.25, 0.3) is 0 Å². The van der Waals surface area contributed by atoms with Crippen LogP contribution in [0.15, 0.2) is 18.2 Å². The predicted octanol–water partition coefficient (Wildman–Crippen LogP) is 2.67. The lowest BCUT2D eigenvalue weighted by atomic mass is 10.1. The molecule has 1 saturated heterocycles. The third kappa shape index (κ3) is 3.67. The summed E-state index contributed by atoms with van der Waals surface area (Å²) in [5.41, 5.74) is 0.827. The van der Waals surface area contributed by atoms with Crippen LogP contribution in [-0.2, 0) is 4.74 Å². The van der Waals surface area contributed by atoms with E-state index in [1.807, 2.05) is 0 Å². The lowest BCUT2D eigenvalue weighted by Crippen LogP contribution is -2.40. The van der Waals surface area contributed by atoms with E-state index in [0.717, 1.165) is 19.3 Å². The predicted molar refractivity (Wildman–Crippen MR) is 90.2 cm³/mol. The number of carbonyl (C=O) groups excluding carboxylic acids is 1. The highest BCUT2D eigenvalue weighted by molar-refractivity contribution is 5.95. The molecule has 0 bridgehead atoms. The summed E-state index contributed by atoms with van der Waals surface area (Å²) < 4.78 is 5.24. The Hall–Kier alpha value is -2.15. The van der Waals surface area contributed by atoms with Crippen molar-refractivity contribution in [3.8, 4) is 0 Å². The highest BCUT2D eigenvalue weighted by Gasteiger charge is 2.37. The standard InChI is InChI=1S/C17H23N3O4/c1-2-3-12-10-15(12)18-14-5-4-13(11-16(14)20(22)23)17(21)19-6-8-24-9-7-19/h4-5,11-12,15,18H,2-3,6-10H2,1H3. The van der Waals surface area contributed by atoms with E-state index in [9.17, 15) is 14.9 Å². The number of morpholine rings is 1. The number of carbonyl (C=O) groups is 1. The molecule has 2 unspecified atom stereocenters. The quantitative estimate of drug-likeness (QED) is 0.639. The van der Waals surface area contributed by atoms with Crippen LogP contribution in [0.5, 0.6) is 0 Å². The van der Waals surface area contributed by atoms with E-state index in [2.05, 4.69) is 12.2 Å². The zero-order chi connectivity index (χ0) is 17.1. The Morgan fingerprint density at radius 1 is 1.42 bits per heavy atom. The van der Waals surface area contributed by atoms with Gasteiger partial charge in [-0.05, 0) is 30.9 Å². The van der Waals surface area contributed by atoms with E-state index in [1.54, 1.807) is 17.0 Å². The molecule has 1 aliphatic carbocycles. The van der Waals surface area contributed by atoms with Crippen LogP contribution in [-0.4, -0.2) is 48.1 Å². The van der Waals surface area contributed by atoms with Gasteiger partial charge in [-0.3, -0.25) is 14.9 Å². The SMILES string of the molecule is CCCC1CC1Nc1ccc(C(=O)N2CCOCC2)cc1[N+](=O)[O-]. The molecule has 0 radical (unpaired) electrons. The van der Waals surface area contributed by atoms with Gasteiger partial charge in [-0.15, -0.1) is 0 Å². The van der Waals surface area contributed by atoms with Crippen molar-refractivity contribution >= 4 is 17.3 Å². The smallest absolute Gasteiger partial charge is 0.293 e. The lowest BCUT2D eigenvalue weighted by molar-refractivity contribution is -0.384. The van der Waals surface area contributed by atoms with Crippen LogP contribution in [0, 0.1) is 16.0 Å². The summed E-state index contributed by atoms with van der Waals surface area (Å²) in [5.74, 6) is 0.424. The van der Waals surface area contributed by atoms with Crippen LogP contribution in [0.3, 0.4) is 0 Å². The summed E-state index contributed by atoms with van der Waals surface area (Å²) in [6.07, 6.45) is 3.32. The number of rotatable bonds is 6. The van der Waals surface area contributed by atoms with E-state index in [0.29, 0.717) is 49.5 Å². The average molecular weight is 333 g/mol. The zero-order valence-electron chi connectivity index (χ0n) is 13.9. The Morgan fingerprint density at radius 2 is 2.17 bits per heavy atom. The fourth-order valence-corrected chi connectivity index (χ4v) is 3.20. The van der Waals surface area contributed by atoms with E-state index >= 15 is 0 Å². The van der Waals surface area contributed by atoms with E-state index in [4.69, 9.17) is 4.74 Å². The number of anilines is 1. The lowest BCUT2D eigenvalue weighted by Gasteiger charge is -2.26. The fourth-order valence-electron chi connectivity index (χ4n) is 3.20. The molecular weight excluding hydrogens is 310 g/mol. The van der Waals surface area contributed by atoms with Gasteiger partial charge >= 0.3 is 0 Å². The number of hydrogen-bond acceptors (Lipinski definition) is 5. The number of nitro benzene ring substituents is 1. The molecule has 1 saturated carbocycles. The third-order valence-corrected chi connectivity index (χ3v) is 4.66. The molecule has 2 fully saturated rings. The molecule has 1 heterocycles. The molecule has 2 atom stereocenters. The summed E-state index contributed by atoms with van der Waals surface area (Å²) >= 11 is 0. The van der Waals surface area contributed by atoms with Crippen molar-refractivity contribution in [3.05, 3.63) is 33.9 Å². The van der Waals surface area contributed by atoms with E-state index in [1.165, 1.54) is 6.07 Å². The van der Waals surface area contributed by atoms with E-state index in [-0.39, 0.29) is 11.6 Å². The summed E-state index contributed by atoms with van der Waals surface area (Å²) in [7, 11) is 0. The Balaban J connectivity index is 1.74. The normalized spacial score (nSPS) is 23.0. The van der Waals surface area contributed by atoms with Crippen LogP contribution >= 0.6 is 0 Å². The largest absolute Gasteiger partial charge is 0.378 e. The van der Waals surface area contributed by atoms with Crippen molar-refractivity contribution in [3.63, 3.8) is 0 Å². The minimum atomic E-state index is -0.421. The second-order valence-electron chi connectivity index (χ2n) is 6.43. The second kappa shape index (κ2) is 7.17. The molecule has 1 aromatic rings. The number of hydrogen-bond donors (Lipinski definition) is 1. The molecule has 1 amide bonds. The molecule has 130 valence electrons. The Morgan fingerprint density at radius 3 is 2.83 bits per heavy atom. The molecule has 2 aliphatic rings. The van der Waals surface area contributed by atoms with Crippen molar-refractivity contribution in [2.24, 2.45) is 5.92 Å². The summed E-state index contributed by atoms with van der Waals surface area (Å²) in [5, 5.41) is 14.7. The van der Waals surface area contributed by atoms with Gasteiger partial charge < -0.3 is 15.0 Å². The minimum absolute atomic E-state index is 0.0312. The van der Waals surface area contributed by atoms with Gasteiger partial charge in [0.05, 0.1) is 18.1 Å². The first-order chi connectivity index (χ1) is 11.6. The van der Waals surface area contributed by atoms with Crippen molar-refractivity contribution in [1.82, 2.24) is 4.90 Å². The van der Waals surface area contributed by atoms with Gasteiger partial charge in [0.1, 0.15) is 5.69 Å². The number of nitrogens with one attached hydrogen (secondary N) is 1. The maximum Gasteiger partial charge on any atom is 0.293 e. The van der Waals surface area contributed by atoms with Gasteiger partial charge in [0.2, 0.25) is 0 Å². The van der Waals surface area contributed by atoms with Crippen molar-refractivity contribution in [2.75, 3.05) is 31.6 Å². The monoisotopic (exact) mass is 333 g/mol. The van der Waals surface area contributed by atoms with Gasteiger partial charge in [0.25, 0.3) is 11.6 Å². The van der Waals surface area contributed by atoms with Crippen LogP contribution in [0.2, 0.25) is 0 Å². The number of benzene rings is 1. The average Bonchev–Trinajstić information content (AvgIpc) is 3.33. The molecule has 7 nitrogen and oxygen atoms in total. The number of nitrogens with zero attached hydrogens (tertiary/aromatic N) is 2. The van der Waals surface area contributed by atoms with Gasteiger partial charge in [0, 0.05) is 30.8 Å². The van der Waals surface area contributed by atoms with Crippen LogP contribution in [0.4, 0.5) is 11.4 Å². The second-order valence-corrected chi connectivity index (χ2v) is 6.43. The van der Waals surface area contributed by atoms with Crippen molar-refractivity contribution < 1.29 is 14.5 Å². The maximum atomic E-state index is 12.5. The van der Waals surface area contributed by atoms with Crippen LogP contribution < -0.4 is 5.32 Å². The Kier molecular flexibility index (Phi) is 4.99.